The molecule has 2 aromatic carbocycles. The molecule has 1 aliphatic heterocycles. The summed E-state index contributed by atoms with van der Waals surface area (Å²) in [4.78, 5) is 0. The van der Waals surface area contributed by atoms with E-state index in [-0.39, 0.29) is 6.10 Å². The summed E-state index contributed by atoms with van der Waals surface area (Å²) >= 11 is 5.32. The van der Waals surface area contributed by atoms with Gasteiger partial charge < -0.3 is 20.1 Å². The molecule has 0 bridgehead atoms. The van der Waals surface area contributed by atoms with Crippen molar-refractivity contribution >= 4 is 23.0 Å². The van der Waals surface area contributed by atoms with E-state index in [1.807, 2.05) is 55.5 Å². The highest BCUT2D eigenvalue weighted by atomic mass is 32.1. The minimum absolute atomic E-state index is 0.0634. The maximum Gasteiger partial charge on any atom is 0.170 e. The van der Waals surface area contributed by atoms with Crippen molar-refractivity contribution in [1.29, 1.82) is 0 Å². The van der Waals surface area contributed by atoms with Crippen LogP contribution in [0.4, 0.5) is 5.69 Å². The number of nitrogens with one attached hydrogen (secondary N) is 2. The van der Waals surface area contributed by atoms with Gasteiger partial charge in [0.05, 0.1) is 6.54 Å². The van der Waals surface area contributed by atoms with Crippen LogP contribution in [-0.2, 0) is 0 Å². The molecule has 2 aromatic rings. The fraction of sp³-hybridized carbons (Fsp3) is 0.235. The zero-order chi connectivity index (χ0) is 15.4. The van der Waals surface area contributed by atoms with E-state index in [0.717, 1.165) is 22.7 Å². The number of para-hydroxylation sites is 3. The molecule has 0 aliphatic carbocycles. The van der Waals surface area contributed by atoms with E-state index in [1.165, 1.54) is 0 Å². The highest BCUT2D eigenvalue weighted by molar-refractivity contribution is 7.80. The van der Waals surface area contributed by atoms with Gasteiger partial charge in [0.15, 0.2) is 16.6 Å². The van der Waals surface area contributed by atoms with Crippen molar-refractivity contribution in [3.05, 3.63) is 54.1 Å². The standard InChI is InChI=1S/C17H18N2O2S/c1-12-6-2-3-7-14(12)19-17(22)18-10-13-11-20-15-8-4-5-9-16(15)21-13/h2-9,13H,10-11H2,1H3,(H2,18,19,22)/t13-/m1/s1. The molecule has 0 unspecified atom stereocenters. The van der Waals surface area contributed by atoms with E-state index >= 15 is 0 Å². The van der Waals surface area contributed by atoms with Gasteiger partial charge in [0.25, 0.3) is 0 Å². The molecule has 22 heavy (non-hydrogen) atoms. The van der Waals surface area contributed by atoms with Gasteiger partial charge in [-0.1, -0.05) is 30.3 Å². The fourth-order valence-corrected chi connectivity index (χ4v) is 2.44. The van der Waals surface area contributed by atoms with E-state index in [2.05, 4.69) is 10.6 Å². The van der Waals surface area contributed by atoms with Crippen LogP contribution in [-0.4, -0.2) is 24.4 Å². The second-order valence-electron chi connectivity index (χ2n) is 5.15. The van der Waals surface area contributed by atoms with Crippen molar-refractivity contribution in [2.75, 3.05) is 18.5 Å². The number of hydrogen-bond donors (Lipinski definition) is 2. The number of fused-ring (bicyclic) bond motifs is 1. The van der Waals surface area contributed by atoms with Crippen molar-refractivity contribution < 1.29 is 9.47 Å². The van der Waals surface area contributed by atoms with Gasteiger partial charge in [-0.15, -0.1) is 0 Å². The summed E-state index contributed by atoms with van der Waals surface area (Å²) in [6, 6.07) is 15.7. The quantitative estimate of drug-likeness (QED) is 0.852. The predicted molar refractivity (Wildman–Crippen MR) is 91.8 cm³/mol. The minimum atomic E-state index is -0.0634. The molecule has 5 heteroatoms. The Morgan fingerprint density at radius 2 is 1.86 bits per heavy atom. The van der Waals surface area contributed by atoms with Crippen LogP contribution in [0.5, 0.6) is 11.5 Å². The van der Waals surface area contributed by atoms with Gasteiger partial charge in [-0.2, -0.15) is 0 Å². The van der Waals surface area contributed by atoms with Crippen molar-refractivity contribution in [2.24, 2.45) is 0 Å². The number of thiocarbonyl (C=S) groups is 1. The SMILES string of the molecule is Cc1ccccc1NC(=S)NC[C@@H]1COc2ccccc2O1. The molecule has 1 atom stereocenters. The molecule has 3 rings (SSSR count). The highest BCUT2D eigenvalue weighted by Gasteiger charge is 2.20. The first-order chi connectivity index (χ1) is 10.7. The smallest absolute Gasteiger partial charge is 0.170 e. The van der Waals surface area contributed by atoms with Crippen LogP contribution >= 0.6 is 12.2 Å². The first-order valence-electron chi connectivity index (χ1n) is 7.21. The second-order valence-corrected chi connectivity index (χ2v) is 5.56. The molecule has 1 aliphatic rings. The average Bonchev–Trinajstić information content (AvgIpc) is 2.55. The van der Waals surface area contributed by atoms with E-state index in [9.17, 15) is 0 Å². The fourth-order valence-electron chi connectivity index (χ4n) is 2.25. The lowest BCUT2D eigenvalue weighted by molar-refractivity contribution is 0.0939. The summed E-state index contributed by atoms with van der Waals surface area (Å²) < 4.78 is 11.6. The summed E-state index contributed by atoms with van der Waals surface area (Å²) in [6.45, 7) is 3.14. The molecular formula is C17H18N2O2S. The molecule has 0 amide bonds. The Labute approximate surface area is 135 Å². The Bertz CT molecular complexity index is 675. The number of benzene rings is 2. The topological polar surface area (TPSA) is 42.5 Å². The van der Waals surface area contributed by atoms with Crippen LogP contribution in [0.1, 0.15) is 5.56 Å². The maximum absolute atomic E-state index is 5.88. The third kappa shape index (κ3) is 3.49. The van der Waals surface area contributed by atoms with Gasteiger partial charge in [-0.25, -0.2) is 0 Å². The molecule has 0 radical (unpaired) electrons. The molecular weight excluding hydrogens is 296 g/mol. The van der Waals surface area contributed by atoms with Crippen LogP contribution in [0.2, 0.25) is 0 Å². The summed E-state index contributed by atoms with van der Waals surface area (Å²) in [5.74, 6) is 1.57. The Morgan fingerprint density at radius 1 is 1.14 bits per heavy atom. The van der Waals surface area contributed by atoms with E-state index < -0.39 is 0 Å². The van der Waals surface area contributed by atoms with Crippen LogP contribution in [0.15, 0.2) is 48.5 Å². The van der Waals surface area contributed by atoms with Crippen molar-refractivity contribution in [1.82, 2.24) is 5.32 Å². The first kappa shape index (κ1) is 14.7. The lowest BCUT2D eigenvalue weighted by Crippen LogP contribution is -2.42. The van der Waals surface area contributed by atoms with Crippen LogP contribution in [0, 0.1) is 6.92 Å². The number of aryl methyl sites for hydroxylation is 1. The van der Waals surface area contributed by atoms with Crippen molar-refractivity contribution in [3.8, 4) is 11.5 Å². The van der Waals surface area contributed by atoms with E-state index in [1.54, 1.807) is 0 Å². The van der Waals surface area contributed by atoms with Gasteiger partial charge >= 0.3 is 0 Å². The Hall–Kier alpha value is -2.27. The van der Waals surface area contributed by atoms with Crippen LogP contribution in [0.3, 0.4) is 0 Å². The number of hydrogen-bond acceptors (Lipinski definition) is 3. The third-order valence-electron chi connectivity index (χ3n) is 3.45. The molecule has 0 saturated heterocycles. The summed E-state index contributed by atoms with van der Waals surface area (Å²) in [5.41, 5.74) is 2.16. The van der Waals surface area contributed by atoms with Crippen molar-refractivity contribution in [3.63, 3.8) is 0 Å². The molecule has 0 saturated carbocycles. The molecule has 0 aromatic heterocycles. The monoisotopic (exact) mass is 314 g/mol. The molecule has 0 spiro atoms. The Balaban J connectivity index is 1.51. The molecule has 4 nitrogen and oxygen atoms in total. The Kier molecular flexibility index (Phi) is 4.44. The summed E-state index contributed by atoms with van der Waals surface area (Å²) in [7, 11) is 0. The molecule has 1 heterocycles. The largest absolute Gasteiger partial charge is 0.486 e. The predicted octanol–water partition coefficient (Wildman–Crippen LogP) is 3.12. The third-order valence-corrected chi connectivity index (χ3v) is 3.70. The summed E-state index contributed by atoms with van der Waals surface area (Å²) in [5, 5.41) is 6.95. The molecule has 0 fully saturated rings. The maximum atomic E-state index is 5.88. The van der Waals surface area contributed by atoms with Gasteiger partial charge in [0.1, 0.15) is 12.7 Å². The average molecular weight is 314 g/mol. The number of ether oxygens (including phenoxy) is 2. The zero-order valence-electron chi connectivity index (χ0n) is 12.3. The molecule has 114 valence electrons. The highest BCUT2D eigenvalue weighted by Crippen LogP contribution is 2.30. The van der Waals surface area contributed by atoms with Gasteiger partial charge in [-0.05, 0) is 42.9 Å². The van der Waals surface area contributed by atoms with Gasteiger partial charge in [-0.3, -0.25) is 0 Å². The molecule has 2 N–H and O–H groups in total. The van der Waals surface area contributed by atoms with Crippen LogP contribution < -0.4 is 20.1 Å². The lowest BCUT2D eigenvalue weighted by atomic mass is 10.2. The van der Waals surface area contributed by atoms with Crippen molar-refractivity contribution in [2.45, 2.75) is 13.0 Å². The second kappa shape index (κ2) is 6.66. The van der Waals surface area contributed by atoms with E-state index in [4.69, 9.17) is 21.7 Å². The van der Waals surface area contributed by atoms with Crippen LogP contribution in [0.25, 0.3) is 0 Å². The Morgan fingerprint density at radius 3 is 2.68 bits per heavy atom. The number of anilines is 1. The van der Waals surface area contributed by atoms with Gasteiger partial charge in [0, 0.05) is 5.69 Å². The number of rotatable bonds is 3. The minimum Gasteiger partial charge on any atom is -0.486 e. The normalized spacial score (nSPS) is 16.0. The van der Waals surface area contributed by atoms with E-state index in [0.29, 0.717) is 18.3 Å². The lowest BCUT2D eigenvalue weighted by Gasteiger charge is -2.27. The first-order valence-corrected chi connectivity index (χ1v) is 7.62. The summed E-state index contributed by atoms with van der Waals surface area (Å²) in [6.07, 6.45) is -0.0634. The zero-order valence-corrected chi connectivity index (χ0v) is 13.2. The van der Waals surface area contributed by atoms with Gasteiger partial charge in [0.2, 0.25) is 0 Å².